The van der Waals surface area contributed by atoms with E-state index in [2.05, 4.69) is 13.8 Å². The van der Waals surface area contributed by atoms with Crippen molar-refractivity contribution in [1.82, 2.24) is 0 Å². The van der Waals surface area contributed by atoms with Gasteiger partial charge in [-0.3, -0.25) is 9.59 Å². The van der Waals surface area contributed by atoms with Crippen LogP contribution in [0.4, 0.5) is 0 Å². The van der Waals surface area contributed by atoms with Crippen LogP contribution >= 0.6 is 0 Å². The normalized spacial score (nSPS) is 19.1. The fraction of sp³-hybridized carbons (Fsp3) is 0.647. The van der Waals surface area contributed by atoms with Crippen LogP contribution in [0, 0.1) is 11.8 Å². The van der Waals surface area contributed by atoms with Gasteiger partial charge in [-0.2, -0.15) is 0 Å². The van der Waals surface area contributed by atoms with Crippen molar-refractivity contribution in [2.45, 2.75) is 60.0 Å². The van der Waals surface area contributed by atoms with Crippen molar-refractivity contribution in [3.63, 3.8) is 0 Å². The summed E-state index contributed by atoms with van der Waals surface area (Å²) in [4.78, 5) is 23.6. The van der Waals surface area contributed by atoms with E-state index in [-0.39, 0.29) is 23.6 Å². The highest BCUT2D eigenvalue weighted by atomic mass is 16.5. The van der Waals surface area contributed by atoms with E-state index in [0.29, 0.717) is 30.8 Å². The Bertz CT molecular complexity index is 428. The monoisotopic (exact) mass is 278 g/mol. The molecular weight excluding hydrogens is 252 g/mol. The summed E-state index contributed by atoms with van der Waals surface area (Å²) in [5.74, 6) is 1.43. The van der Waals surface area contributed by atoms with Crippen LogP contribution in [0.2, 0.25) is 0 Å². The second-order valence-electron chi connectivity index (χ2n) is 5.89. The molecular formula is C17H26O3. The van der Waals surface area contributed by atoms with Crippen molar-refractivity contribution in [2.75, 3.05) is 0 Å². The number of hydrogen-bond acceptors (Lipinski definition) is 3. The molecule has 0 aromatic rings. The van der Waals surface area contributed by atoms with Crippen LogP contribution in [0.1, 0.15) is 53.9 Å². The molecule has 0 fully saturated rings. The molecule has 1 atom stereocenters. The molecule has 0 aromatic heterocycles. The zero-order chi connectivity index (χ0) is 15.3. The van der Waals surface area contributed by atoms with E-state index >= 15 is 0 Å². The smallest absolute Gasteiger partial charge is 0.184 e. The number of hydrogen-bond donors (Lipinski definition) is 0. The number of allylic oxidation sites excluding steroid dienone is 3. The van der Waals surface area contributed by atoms with Crippen LogP contribution in [0.15, 0.2) is 23.5 Å². The molecule has 1 rings (SSSR count). The summed E-state index contributed by atoms with van der Waals surface area (Å²) >= 11 is 0. The van der Waals surface area contributed by atoms with Crippen LogP contribution in [0.25, 0.3) is 0 Å². The lowest BCUT2D eigenvalue weighted by Gasteiger charge is -2.28. The van der Waals surface area contributed by atoms with Gasteiger partial charge in [-0.1, -0.05) is 26.8 Å². The van der Waals surface area contributed by atoms with Crippen LogP contribution in [0.5, 0.6) is 0 Å². The number of carbonyl (C=O) groups is 2. The quantitative estimate of drug-likeness (QED) is 0.710. The van der Waals surface area contributed by atoms with E-state index in [1.54, 1.807) is 6.08 Å². The van der Waals surface area contributed by atoms with E-state index in [1.807, 2.05) is 26.8 Å². The zero-order valence-electron chi connectivity index (χ0n) is 13.2. The van der Waals surface area contributed by atoms with Crippen molar-refractivity contribution in [2.24, 2.45) is 11.8 Å². The Morgan fingerprint density at radius 3 is 2.45 bits per heavy atom. The highest BCUT2D eigenvalue weighted by molar-refractivity contribution is 6.05. The van der Waals surface area contributed by atoms with Gasteiger partial charge >= 0.3 is 0 Å². The first kappa shape index (κ1) is 16.7. The predicted octanol–water partition coefficient (Wildman–Crippen LogP) is 3.84. The zero-order valence-corrected chi connectivity index (χ0v) is 13.2. The van der Waals surface area contributed by atoms with Crippen LogP contribution < -0.4 is 0 Å². The predicted molar refractivity (Wildman–Crippen MR) is 80.3 cm³/mol. The van der Waals surface area contributed by atoms with Gasteiger partial charge in [0.1, 0.15) is 11.5 Å². The van der Waals surface area contributed by atoms with Crippen molar-refractivity contribution < 1.29 is 14.3 Å². The van der Waals surface area contributed by atoms with Gasteiger partial charge < -0.3 is 4.74 Å². The minimum Gasteiger partial charge on any atom is -0.494 e. The van der Waals surface area contributed by atoms with E-state index in [1.165, 1.54) is 0 Å². The Labute approximate surface area is 122 Å². The summed E-state index contributed by atoms with van der Waals surface area (Å²) in [5, 5.41) is 0. The molecule has 0 bridgehead atoms. The van der Waals surface area contributed by atoms with Gasteiger partial charge in [0.25, 0.3) is 0 Å². The molecule has 3 heteroatoms. The first-order valence-corrected chi connectivity index (χ1v) is 7.50. The molecule has 20 heavy (non-hydrogen) atoms. The van der Waals surface area contributed by atoms with Gasteiger partial charge in [-0.05, 0) is 32.3 Å². The minimum atomic E-state index is -0.0125. The third-order valence-electron chi connectivity index (χ3n) is 3.48. The summed E-state index contributed by atoms with van der Waals surface area (Å²) < 4.78 is 5.91. The SMILES string of the molecule is CCC(=O)CCC1=C(OC(C)C)C(C(C)C)C=CC1=O. The molecule has 3 nitrogen and oxygen atoms in total. The topological polar surface area (TPSA) is 43.4 Å². The van der Waals surface area contributed by atoms with Crippen LogP contribution in [0.3, 0.4) is 0 Å². The van der Waals surface area contributed by atoms with E-state index in [0.717, 1.165) is 5.76 Å². The molecule has 0 N–H and O–H groups in total. The lowest BCUT2D eigenvalue weighted by atomic mass is 9.84. The van der Waals surface area contributed by atoms with E-state index < -0.39 is 0 Å². The summed E-state index contributed by atoms with van der Waals surface area (Å²) in [6.07, 6.45) is 5.01. The largest absolute Gasteiger partial charge is 0.494 e. The fourth-order valence-corrected chi connectivity index (χ4v) is 2.32. The van der Waals surface area contributed by atoms with E-state index in [4.69, 9.17) is 4.74 Å². The molecule has 0 heterocycles. The molecule has 0 saturated carbocycles. The van der Waals surface area contributed by atoms with Gasteiger partial charge in [0.05, 0.1) is 6.10 Å². The van der Waals surface area contributed by atoms with Crippen molar-refractivity contribution in [3.8, 4) is 0 Å². The molecule has 112 valence electrons. The molecule has 0 spiro atoms. The lowest BCUT2D eigenvalue weighted by Crippen LogP contribution is -2.23. The summed E-state index contributed by atoms with van der Waals surface area (Å²) in [7, 11) is 0. The van der Waals surface area contributed by atoms with Gasteiger partial charge in [-0.25, -0.2) is 0 Å². The van der Waals surface area contributed by atoms with Gasteiger partial charge in [0, 0.05) is 24.3 Å². The maximum Gasteiger partial charge on any atom is 0.184 e. The molecule has 0 aliphatic heterocycles. The number of ether oxygens (including phenoxy) is 1. The highest BCUT2D eigenvalue weighted by Crippen LogP contribution is 2.32. The molecule has 1 aliphatic rings. The van der Waals surface area contributed by atoms with E-state index in [9.17, 15) is 9.59 Å². The second kappa shape index (κ2) is 7.41. The Morgan fingerprint density at radius 1 is 1.30 bits per heavy atom. The molecule has 0 amide bonds. The Morgan fingerprint density at radius 2 is 1.95 bits per heavy atom. The van der Waals surface area contributed by atoms with Crippen molar-refractivity contribution in [1.29, 1.82) is 0 Å². The fourth-order valence-electron chi connectivity index (χ4n) is 2.32. The van der Waals surface area contributed by atoms with Crippen molar-refractivity contribution in [3.05, 3.63) is 23.5 Å². The maximum atomic E-state index is 12.1. The number of rotatable bonds is 7. The average molecular weight is 278 g/mol. The molecule has 0 saturated heterocycles. The van der Waals surface area contributed by atoms with Crippen LogP contribution in [-0.4, -0.2) is 17.7 Å². The Kier molecular flexibility index (Phi) is 6.18. The third kappa shape index (κ3) is 4.32. The maximum absolute atomic E-state index is 12.1. The first-order valence-electron chi connectivity index (χ1n) is 7.50. The van der Waals surface area contributed by atoms with Gasteiger partial charge in [0.15, 0.2) is 5.78 Å². The first-order chi connectivity index (χ1) is 9.36. The summed E-state index contributed by atoms with van der Waals surface area (Å²) in [6, 6.07) is 0. The standard InChI is InChI=1S/C17H26O3/c1-6-13(18)7-8-15-16(19)10-9-14(11(2)3)17(15)20-12(4)5/h9-12,14H,6-8H2,1-5H3. The average Bonchev–Trinajstić information content (AvgIpc) is 2.36. The molecule has 1 unspecified atom stereocenters. The molecule has 0 radical (unpaired) electrons. The Hall–Kier alpha value is -1.38. The summed E-state index contributed by atoms with van der Waals surface area (Å²) in [5.41, 5.74) is 0.682. The minimum absolute atomic E-state index is 0.0125. The van der Waals surface area contributed by atoms with Crippen LogP contribution in [-0.2, 0) is 14.3 Å². The number of carbonyl (C=O) groups excluding carboxylic acids is 2. The summed E-state index contributed by atoms with van der Waals surface area (Å²) in [6.45, 7) is 10.00. The number of Topliss-reactive ketones (excluding diaryl/α,β-unsaturated/α-hetero) is 1. The lowest BCUT2D eigenvalue weighted by molar-refractivity contribution is -0.118. The van der Waals surface area contributed by atoms with Gasteiger partial charge in [0.2, 0.25) is 0 Å². The number of ketones is 2. The Balaban J connectivity index is 3.03. The van der Waals surface area contributed by atoms with Crippen molar-refractivity contribution >= 4 is 11.6 Å². The highest BCUT2D eigenvalue weighted by Gasteiger charge is 2.28. The second-order valence-corrected chi connectivity index (χ2v) is 5.89. The van der Waals surface area contributed by atoms with Gasteiger partial charge in [-0.15, -0.1) is 0 Å². The molecule has 0 aromatic carbocycles. The third-order valence-corrected chi connectivity index (χ3v) is 3.48. The molecule has 1 aliphatic carbocycles.